The third-order valence-electron chi connectivity index (χ3n) is 7.42. The fraction of sp³-hybridized carbons (Fsp3) is 0.400. The number of nitrogens with zero attached hydrogens (tertiary/aromatic N) is 1. The maximum atomic E-state index is 13.6. The molecule has 0 saturated carbocycles. The Balaban J connectivity index is 1.66. The van der Waals surface area contributed by atoms with E-state index in [0.29, 0.717) is 30.9 Å². The van der Waals surface area contributed by atoms with E-state index in [0.717, 1.165) is 70.3 Å². The summed E-state index contributed by atoms with van der Waals surface area (Å²) < 4.78 is 12.5. The standard InChI is InChI=1S/C30H32INO4/c1-3-36-26-18-20(17-21(31)30(26)35-2)27-28-22(11-7-13-24(28)33)32(16-15-19-9-5-4-6-10-19)23-12-8-14-25(34)29(23)27/h4-6,9-10,17-18,27H,3,7-8,11-16H2,1-2H3. The molecule has 5 nitrogen and oxygen atoms in total. The Labute approximate surface area is 226 Å². The van der Waals surface area contributed by atoms with E-state index in [2.05, 4.69) is 57.8 Å². The summed E-state index contributed by atoms with van der Waals surface area (Å²) in [6, 6.07) is 14.5. The Morgan fingerprint density at radius 3 is 2.17 bits per heavy atom. The topological polar surface area (TPSA) is 55.8 Å². The zero-order valence-electron chi connectivity index (χ0n) is 20.9. The second-order valence-electron chi connectivity index (χ2n) is 9.56. The normalized spacial score (nSPS) is 18.4. The number of carbonyl (C=O) groups excluding carboxylic acids is 2. The van der Waals surface area contributed by atoms with Crippen LogP contribution in [-0.4, -0.2) is 36.7 Å². The van der Waals surface area contributed by atoms with Gasteiger partial charge in [-0.2, -0.15) is 0 Å². The summed E-state index contributed by atoms with van der Waals surface area (Å²) in [5.74, 6) is 1.33. The van der Waals surface area contributed by atoms with E-state index < -0.39 is 0 Å². The van der Waals surface area contributed by atoms with E-state index in [4.69, 9.17) is 9.47 Å². The van der Waals surface area contributed by atoms with Crippen LogP contribution in [0.4, 0.5) is 0 Å². The number of ketones is 2. The van der Waals surface area contributed by atoms with Crippen molar-refractivity contribution in [2.75, 3.05) is 20.3 Å². The fourth-order valence-electron chi connectivity index (χ4n) is 5.92. The first-order chi connectivity index (χ1) is 17.5. The first-order valence-electron chi connectivity index (χ1n) is 12.9. The van der Waals surface area contributed by atoms with Crippen LogP contribution < -0.4 is 9.47 Å². The third-order valence-corrected chi connectivity index (χ3v) is 8.22. The molecule has 0 unspecified atom stereocenters. The predicted molar refractivity (Wildman–Crippen MR) is 148 cm³/mol. The van der Waals surface area contributed by atoms with Gasteiger partial charge >= 0.3 is 0 Å². The van der Waals surface area contributed by atoms with Crippen LogP contribution in [0.15, 0.2) is 65.0 Å². The van der Waals surface area contributed by atoms with Gasteiger partial charge in [0.05, 0.1) is 17.3 Å². The number of carbonyl (C=O) groups is 2. The van der Waals surface area contributed by atoms with Crippen LogP contribution in [0.2, 0.25) is 0 Å². The number of allylic oxidation sites excluding steroid dienone is 4. The van der Waals surface area contributed by atoms with Crippen LogP contribution in [0.5, 0.6) is 11.5 Å². The van der Waals surface area contributed by atoms with Crippen LogP contribution in [0.3, 0.4) is 0 Å². The molecule has 0 fully saturated rings. The summed E-state index contributed by atoms with van der Waals surface area (Å²) in [5.41, 5.74) is 6.06. The molecule has 0 N–H and O–H groups in total. The lowest BCUT2D eigenvalue weighted by molar-refractivity contribution is -0.117. The number of rotatable bonds is 7. The molecular weight excluding hydrogens is 565 g/mol. The number of methoxy groups -OCH3 is 1. The van der Waals surface area contributed by atoms with Crippen LogP contribution >= 0.6 is 22.6 Å². The van der Waals surface area contributed by atoms with Gasteiger partial charge in [0.25, 0.3) is 0 Å². The van der Waals surface area contributed by atoms with Crippen molar-refractivity contribution in [3.8, 4) is 11.5 Å². The van der Waals surface area contributed by atoms with E-state index in [1.54, 1.807) is 7.11 Å². The predicted octanol–water partition coefficient (Wildman–Crippen LogP) is 6.35. The minimum Gasteiger partial charge on any atom is -0.492 e. The van der Waals surface area contributed by atoms with Crippen LogP contribution in [0, 0.1) is 3.57 Å². The molecule has 6 heteroatoms. The Morgan fingerprint density at radius 1 is 0.944 bits per heavy atom. The Morgan fingerprint density at radius 2 is 1.58 bits per heavy atom. The number of halogens is 1. The van der Waals surface area contributed by atoms with Gasteiger partial charge in [-0.25, -0.2) is 0 Å². The Kier molecular flexibility index (Phi) is 7.51. The number of ether oxygens (including phenoxy) is 2. The molecule has 0 saturated heterocycles. The number of benzene rings is 2. The molecule has 0 spiro atoms. The van der Waals surface area contributed by atoms with E-state index in [-0.39, 0.29) is 17.5 Å². The van der Waals surface area contributed by atoms with Crippen molar-refractivity contribution in [3.05, 3.63) is 79.7 Å². The monoisotopic (exact) mass is 597 g/mol. The molecule has 0 atom stereocenters. The SMILES string of the molecule is CCOc1cc(C2C3=C(CCCC3=O)N(CCc3ccccc3)C3=C2C(=O)CCC3)cc(I)c1OC. The van der Waals surface area contributed by atoms with Crippen molar-refractivity contribution in [1.82, 2.24) is 4.90 Å². The van der Waals surface area contributed by atoms with Crippen molar-refractivity contribution in [1.29, 1.82) is 0 Å². The van der Waals surface area contributed by atoms with E-state index in [1.807, 2.05) is 19.1 Å². The first-order valence-corrected chi connectivity index (χ1v) is 14.0. The largest absolute Gasteiger partial charge is 0.492 e. The summed E-state index contributed by atoms with van der Waals surface area (Å²) in [7, 11) is 1.64. The molecule has 0 bridgehead atoms. The lowest BCUT2D eigenvalue weighted by Gasteiger charge is -2.44. The van der Waals surface area contributed by atoms with Crippen LogP contribution in [0.25, 0.3) is 0 Å². The highest BCUT2D eigenvalue weighted by Crippen LogP contribution is 2.50. The molecule has 0 aromatic heterocycles. The van der Waals surface area contributed by atoms with E-state index in [1.165, 1.54) is 5.56 Å². The molecule has 1 heterocycles. The van der Waals surface area contributed by atoms with Gasteiger partial charge in [0.15, 0.2) is 23.1 Å². The molecule has 0 radical (unpaired) electrons. The summed E-state index contributed by atoms with van der Waals surface area (Å²) in [5, 5.41) is 0. The minimum absolute atomic E-state index is 0.166. The Hall–Kier alpha value is -2.61. The molecular formula is C30H32INO4. The summed E-state index contributed by atoms with van der Waals surface area (Å²) >= 11 is 2.26. The van der Waals surface area contributed by atoms with Crippen molar-refractivity contribution in [2.45, 2.75) is 57.8 Å². The van der Waals surface area contributed by atoms with Gasteiger partial charge in [-0.1, -0.05) is 30.3 Å². The van der Waals surface area contributed by atoms with Gasteiger partial charge in [-0.15, -0.1) is 0 Å². The summed E-state index contributed by atoms with van der Waals surface area (Å²) in [4.78, 5) is 29.4. The number of hydrogen-bond acceptors (Lipinski definition) is 5. The molecule has 188 valence electrons. The van der Waals surface area contributed by atoms with Crippen LogP contribution in [0.1, 0.15) is 62.5 Å². The maximum Gasteiger partial charge on any atom is 0.174 e. The van der Waals surface area contributed by atoms with Gasteiger partial charge in [0.2, 0.25) is 0 Å². The lowest BCUT2D eigenvalue weighted by atomic mass is 9.71. The van der Waals surface area contributed by atoms with Gasteiger partial charge < -0.3 is 14.4 Å². The summed E-state index contributed by atoms with van der Waals surface area (Å²) in [6.45, 7) is 3.23. The second-order valence-corrected chi connectivity index (χ2v) is 10.7. The van der Waals surface area contributed by atoms with Crippen molar-refractivity contribution in [2.24, 2.45) is 0 Å². The third kappa shape index (κ3) is 4.60. The molecule has 3 aliphatic rings. The molecule has 2 aromatic carbocycles. The molecule has 5 rings (SSSR count). The Bertz CT molecular complexity index is 1200. The first kappa shape index (κ1) is 25.1. The molecule has 2 aliphatic carbocycles. The lowest BCUT2D eigenvalue weighted by Crippen LogP contribution is -2.40. The smallest absolute Gasteiger partial charge is 0.174 e. The molecule has 1 aliphatic heterocycles. The van der Waals surface area contributed by atoms with E-state index in [9.17, 15) is 9.59 Å². The number of Topliss-reactive ketones (excluding diaryl/α,β-unsaturated/α-hetero) is 2. The highest BCUT2D eigenvalue weighted by Gasteiger charge is 2.43. The zero-order chi connectivity index (χ0) is 25.2. The highest BCUT2D eigenvalue weighted by molar-refractivity contribution is 14.1. The quantitative estimate of drug-likeness (QED) is 0.348. The average Bonchev–Trinajstić information content (AvgIpc) is 2.88. The number of hydrogen-bond donors (Lipinski definition) is 0. The van der Waals surface area contributed by atoms with Crippen molar-refractivity contribution in [3.63, 3.8) is 0 Å². The van der Waals surface area contributed by atoms with Crippen molar-refractivity contribution < 1.29 is 19.1 Å². The maximum absolute atomic E-state index is 13.6. The molecule has 0 amide bonds. The van der Waals surface area contributed by atoms with E-state index >= 15 is 0 Å². The summed E-state index contributed by atoms with van der Waals surface area (Å²) in [6.07, 6.45) is 5.37. The van der Waals surface area contributed by atoms with Gasteiger partial charge in [0, 0.05) is 47.8 Å². The van der Waals surface area contributed by atoms with Crippen molar-refractivity contribution >= 4 is 34.2 Å². The van der Waals surface area contributed by atoms with Gasteiger partial charge in [-0.3, -0.25) is 9.59 Å². The molecule has 36 heavy (non-hydrogen) atoms. The van der Waals surface area contributed by atoms with Gasteiger partial charge in [-0.05, 0) is 84.9 Å². The van der Waals surface area contributed by atoms with Crippen LogP contribution in [-0.2, 0) is 16.0 Å². The second kappa shape index (κ2) is 10.8. The molecule has 2 aromatic rings. The average molecular weight is 597 g/mol. The highest BCUT2D eigenvalue weighted by atomic mass is 127. The zero-order valence-corrected chi connectivity index (χ0v) is 23.1. The minimum atomic E-state index is -0.345. The fourth-order valence-corrected chi connectivity index (χ4v) is 6.77. The van der Waals surface area contributed by atoms with Gasteiger partial charge in [0.1, 0.15) is 0 Å².